The third-order valence-corrected chi connectivity index (χ3v) is 4.45. The van der Waals surface area contributed by atoms with Crippen LogP contribution in [-0.2, 0) is 0 Å². The minimum absolute atomic E-state index is 0.415. The monoisotopic (exact) mass is 279 g/mol. The van der Waals surface area contributed by atoms with Crippen LogP contribution >= 0.6 is 11.8 Å². The van der Waals surface area contributed by atoms with Crippen LogP contribution in [0.5, 0.6) is 0 Å². The minimum Gasteiger partial charge on any atom is -0.478 e. The highest BCUT2D eigenvalue weighted by atomic mass is 32.2. The topological polar surface area (TPSA) is 49.3 Å². The fourth-order valence-corrected chi connectivity index (χ4v) is 3.30. The largest absolute Gasteiger partial charge is 0.478 e. The number of hydrogen-bond donors (Lipinski definition) is 2. The van der Waals surface area contributed by atoms with Gasteiger partial charge in [0.1, 0.15) is 0 Å². The van der Waals surface area contributed by atoms with Crippen LogP contribution in [0.3, 0.4) is 0 Å². The molecule has 3 nitrogen and oxygen atoms in total. The highest BCUT2D eigenvalue weighted by molar-refractivity contribution is 7.98. The summed E-state index contributed by atoms with van der Waals surface area (Å²) in [5.41, 5.74) is 1.19. The Morgan fingerprint density at radius 2 is 1.95 bits per heavy atom. The molecule has 0 bridgehead atoms. The number of benzene rings is 1. The molecule has 4 heteroatoms. The van der Waals surface area contributed by atoms with Gasteiger partial charge in [-0.1, -0.05) is 31.7 Å². The molecule has 1 aliphatic carbocycles. The van der Waals surface area contributed by atoms with Crippen LogP contribution in [0, 0.1) is 0 Å². The number of carbonyl (C=O) groups is 1. The number of carboxylic acid groups (broad SMARTS) is 1. The Morgan fingerprint density at radius 3 is 2.53 bits per heavy atom. The summed E-state index contributed by atoms with van der Waals surface area (Å²) in [7, 11) is 0. The first-order chi connectivity index (χ1) is 9.22. The molecule has 104 valence electrons. The van der Waals surface area contributed by atoms with Gasteiger partial charge in [0, 0.05) is 10.9 Å². The van der Waals surface area contributed by atoms with Crippen LogP contribution in [0.2, 0.25) is 0 Å². The van der Waals surface area contributed by atoms with Crippen LogP contribution in [0.25, 0.3) is 0 Å². The Morgan fingerprint density at radius 1 is 1.26 bits per heavy atom. The van der Waals surface area contributed by atoms with Crippen molar-refractivity contribution in [2.45, 2.75) is 49.5 Å². The van der Waals surface area contributed by atoms with Crippen molar-refractivity contribution in [3.63, 3.8) is 0 Å². The van der Waals surface area contributed by atoms with Gasteiger partial charge in [-0.3, -0.25) is 0 Å². The molecule has 0 spiro atoms. The van der Waals surface area contributed by atoms with Gasteiger partial charge in [-0.2, -0.15) is 0 Å². The van der Waals surface area contributed by atoms with Crippen LogP contribution in [-0.4, -0.2) is 23.4 Å². The fourth-order valence-electron chi connectivity index (χ4n) is 2.69. The summed E-state index contributed by atoms with van der Waals surface area (Å²) in [4.78, 5) is 12.3. The molecule has 0 aliphatic heterocycles. The van der Waals surface area contributed by atoms with E-state index in [4.69, 9.17) is 0 Å². The molecule has 1 aromatic carbocycles. The van der Waals surface area contributed by atoms with Crippen LogP contribution in [0.15, 0.2) is 23.1 Å². The number of carboxylic acids is 1. The molecule has 0 amide bonds. The van der Waals surface area contributed by atoms with Crippen molar-refractivity contribution in [2.75, 3.05) is 11.6 Å². The van der Waals surface area contributed by atoms with E-state index in [-0.39, 0.29) is 0 Å². The van der Waals surface area contributed by atoms with Crippen molar-refractivity contribution < 1.29 is 9.90 Å². The van der Waals surface area contributed by atoms with E-state index < -0.39 is 5.97 Å². The molecule has 1 saturated carbocycles. The lowest BCUT2D eigenvalue weighted by molar-refractivity contribution is 0.0694. The zero-order valence-electron chi connectivity index (χ0n) is 11.3. The summed E-state index contributed by atoms with van der Waals surface area (Å²) in [5.74, 6) is -0.846. The predicted molar refractivity (Wildman–Crippen MR) is 80.3 cm³/mol. The molecule has 0 heterocycles. The number of anilines is 1. The standard InChI is InChI=1S/C15H21NO2S/c1-19-13-10-6-9-12(14(13)15(17)18)16-11-7-4-2-3-5-8-11/h6,9-11,16H,2-5,7-8H2,1H3,(H,17,18). The van der Waals surface area contributed by atoms with Crippen LogP contribution < -0.4 is 5.32 Å². The number of nitrogens with one attached hydrogen (secondary N) is 1. The van der Waals surface area contributed by atoms with E-state index in [2.05, 4.69) is 5.32 Å². The van der Waals surface area contributed by atoms with E-state index >= 15 is 0 Å². The lowest BCUT2D eigenvalue weighted by atomic mass is 10.1. The quantitative estimate of drug-likeness (QED) is 0.639. The Labute approximate surface area is 118 Å². The predicted octanol–water partition coefficient (Wildman–Crippen LogP) is 4.24. The van der Waals surface area contributed by atoms with Crippen molar-refractivity contribution in [2.24, 2.45) is 0 Å². The highest BCUT2D eigenvalue weighted by Crippen LogP contribution is 2.29. The Kier molecular flexibility index (Phi) is 5.14. The van der Waals surface area contributed by atoms with Crippen LogP contribution in [0.4, 0.5) is 5.69 Å². The summed E-state index contributed by atoms with van der Waals surface area (Å²) in [6, 6.07) is 6.09. The fraction of sp³-hybridized carbons (Fsp3) is 0.533. The number of aromatic carboxylic acids is 1. The van der Waals surface area contributed by atoms with Crippen molar-refractivity contribution in [1.29, 1.82) is 0 Å². The van der Waals surface area contributed by atoms with E-state index in [0.717, 1.165) is 23.4 Å². The maximum Gasteiger partial charge on any atom is 0.338 e. The molecule has 1 aromatic rings. The summed E-state index contributed by atoms with van der Waals surface area (Å²) >= 11 is 1.48. The first-order valence-corrected chi connectivity index (χ1v) is 8.11. The van der Waals surface area contributed by atoms with Crippen molar-refractivity contribution in [3.05, 3.63) is 23.8 Å². The van der Waals surface area contributed by atoms with Gasteiger partial charge in [-0.05, 0) is 31.2 Å². The van der Waals surface area contributed by atoms with Gasteiger partial charge >= 0.3 is 5.97 Å². The van der Waals surface area contributed by atoms with E-state index in [1.165, 1.54) is 37.4 Å². The lowest BCUT2D eigenvalue weighted by Gasteiger charge is -2.20. The SMILES string of the molecule is CSc1cccc(NC2CCCCCC2)c1C(=O)O. The summed E-state index contributed by atoms with van der Waals surface area (Å²) in [5, 5.41) is 12.9. The third kappa shape index (κ3) is 3.66. The smallest absolute Gasteiger partial charge is 0.338 e. The second-order valence-corrected chi connectivity index (χ2v) is 5.87. The lowest BCUT2D eigenvalue weighted by Crippen LogP contribution is -2.20. The first-order valence-electron chi connectivity index (χ1n) is 6.89. The molecule has 0 unspecified atom stereocenters. The maximum atomic E-state index is 11.5. The second kappa shape index (κ2) is 6.85. The zero-order chi connectivity index (χ0) is 13.7. The van der Waals surface area contributed by atoms with Crippen molar-refractivity contribution in [3.8, 4) is 0 Å². The van der Waals surface area contributed by atoms with Gasteiger partial charge < -0.3 is 10.4 Å². The van der Waals surface area contributed by atoms with E-state index in [1.54, 1.807) is 0 Å². The Balaban J connectivity index is 2.21. The molecule has 19 heavy (non-hydrogen) atoms. The normalized spacial score (nSPS) is 16.9. The molecule has 0 atom stereocenters. The van der Waals surface area contributed by atoms with Gasteiger partial charge in [0.25, 0.3) is 0 Å². The molecular formula is C15H21NO2S. The average Bonchev–Trinajstić information content (AvgIpc) is 2.66. The maximum absolute atomic E-state index is 11.5. The Bertz CT molecular complexity index is 440. The van der Waals surface area contributed by atoms with Crippen molar-refractivity contribution >= 4 is 23.4 Å². The van der Waals surface area contributed by atoms with Gasteiger partial charge in [-0.25, -0.2) is 4.79 Å². The second-order valence-electron chi connectivity index (χ2n) is 5.02. The molecule has 1 fully saturated rings. The average molecular weight is 279 g/mol. The van der Waals surface area contributed by atoms with Crippen LogP contribution in [0.1, 0.15) is 48.9 Å². The highest BCUT2D eigenvalue weighted by Gasteiger charge is 2.18. The van der Waals surface area contributed by atoms with Gasteiger partial charge in [0.2, 0.25) is 0 Å². The number of hydrogen-bond acceptors (Lipinski definition) is 3. The van der Waals surface area contributed by atoms with Crippen molar-refractivity contribution in [1.82, 2.24) is 0 Å². The Hall–Kier alpha value is -1.16. The molecule has 0 saturated heterocycles. The molecule has 0 aromatic heterocycles. The molecule has 1 aliphatic rings. The van der Waals surface area contributed by atoms with E-state index in [9.17, 15) is 9.90 Å². The molecule has 0 radical (unpaired) electrons. The number of thioether (sulfide) groups is 1. The van der Waals surface area contributed by atoms with E-state index in [1.807, 2.05) is 24.5 Å². The summed E-state index contributed by atoms with van der Waals surface area (Å²) in [6.45, 7) is 0. The third-order valence-electron chi connectivity index (χ3n) is 3.67. The molecular weight excluding hydrogens is 258 g/mol. The van der Waals surface area contributed by atoms with E-state index in [0.29, 0.717) is 11.6 Å². The van der Waals surface area contributed by atoms with Gasteiger partial charge in [-0.15, -0.1) is 11.8 Å². The summed E-state index contributed by atoms with van der Waals surface area (Å²) in [6.07, 6.45) is 9.27. The molecule has 2 rings (SSSR count). The minimum atomic E-state index is -0.846. The first kappa shape index (κ1) is 14.3. The molecule has 2 N–H and O–H groups in total. The van der Waals surface area contributed by atoms with Gasteiger partial charge in [0.05, 0.1) is 11.3 Å². The zero-order valence-corrected chi connectivity index (χ0v) is 12.1. The van der Waals surface area contributed by atoms with Gasteiger partial charge in [0.15, 0.2) is 0 Å². The summed E-state index contributed by atoms with van der Waals surface area (Å²) < 4.78 is 0. The number of rotatable bonds is 4.